The van der Waals surface area contributed by atoms with Crippen molar-refractivity contribution >= 4 is 21.8 Å². The summed E-state index contributed by atoms with van der Waals surface area (Å²) in [5.41, 5.74) is 2.84. The van der Waals surface area contributed by atoms with Crippen LogP contribution in [0.15, 0.2) is 57.5 Å². The van der Waals surface area contributed by atoms with E-state index < -0.39 is 0 Å². The maximum Gasteiger partial charge on any atom is 0.257 e. The van der Waals surface area contributed by atoms with Crippen molar-refractivity contribution in [2.45, 2.75) is 25.7 Å². The summed E-state index contributed by atoms with van der Waals surface area (Å²) in [6, 6.07) is 15.6. The molecule has 4 rings (SSSR count). The Morgan fingerprint density at radius 1 is 1.15 bits per heavy atom. The van der Waals surface area contributed by atoms with Crippen molar-refractivity contribution in [2.24, 2.45) is 0 Å². The normalized spacial score (nSPS) is 15.1. The molecule has 0 radical (unpaired) electrons. The molecule has 1 aromatic heterocycles. The fourth-order valence-corrected chi connectivity index (χ4v) is 3.76. The van der Waals surface area contributed by atoms with Gasteiger partial charge in [-0.05, 0) is 50.1 Å². The number of aryl methyl sites for hydroxylation is 1. The molecule has 0 N–H and O–H groups in total. The van der Waals surface area contributed by atoms with E-state index in [2.05, 4.69) is 26.1 Å². The van der Waals surface area contributed by atoms with E-state index in [0.29, 0.717) is 24.5 Å². The second kappa shape index (κ2) is 7.64. The monoisotopic (exact) mass is 425 g/mol. The third kappa shape index (κ3) is 3.95. The number of likely N-dealkylation sites (tertiary alicyclic amines) is 1. The molecule has 1 aliphatic heterocycles. The van der Waals surface area contributed by atoms with Crippen molar-refractivity contribution in [3.63, 3.8) is 0 Å². The van der Waals surface area contributed by atoms with Gasteiger partial charge in [0.1, 0.15) is 0 Å². The molecule has 0 atom stereocenters. The van der Waals surface area contributed by atoms with Crippen LogP contribution in [0.4, 0.5) is 0 Å². The average Bonchev–Trinajstić information content (AvgIpc) is 3.18. The molecule has 1 aliphatic rings. The number of aromatic nitrogens is 2. The van der Waals surface area contributed by atoms with Crippen molar-refractivity contribution < 1.29 is 9.32 Å². The number of rotatable bonds is 3. The van der Waals surface area contributed by atoms with Crippen LogP contribution < -0.4 is 0 Å². The number of piperidine rings is 1. The van der Waals surface area contributed by atoms with Crippen LogP contribution in [0.3, 0.4) is 0 Å². The van der Waals surface area contributed by atoms with Crippen LogP contribution in [0.25, 0.3) is 11.5 Å². The second-order valence-corrected chi connectivity index (χ2v) is 7.82. The lowest BCUT2D eigenvalue weighted by atomic mass is 9.95. The Bertz CT molecular complexity index is 944. The predicted octanol–water partition coefficient (Wildman–Crippen LogP) is 4.83. The molecule has 1 saturated heterocycles. The van der Waals surface area contributed by atoms with Crippen LogP contribution in [0.5, 0.6) is 0 Å². The van der Waals surface area contributed by atoms with Gasteiger partial charge >= 0.3 is 0 Å². The van der Waals surface area contributed by atoms with Crippen molar-refractivity contribution in [2.75, 3.05) is 13.1 Å². The van der Waals surface area contributed by atoms with Crippen LogP contribution in [0.1, 0.15) is 40.5 Å². The highest BCUT2D eigenvalue weighted by Crippen LogP contribution is 2.29. The minimum absolute atomic E-state index is 0.0724. The number of carbonyl (C=O) groups is 1. The highest BCUT2D eigenvalue weighted by atomic mass is 79.9. The molecule has 0 bridgehead atoms. The largest absolute Gasteiger partial charge is 0.339 e. The highest BCUT2D eigenvalue weighted by molar-refractivity contribution is 9.10. The number of halogens is 1. The van der Waals surface area contributed by atoms with E-state index in [1.54, 1.807) is 0 Å². The van der Waals surface area contributed by atoms with Crippen LogP contribution in [-0.4, -0.2) is 34.0 Å². The van der Waals surface area contributed by atoms with E-state index in [4.69, 9.17) is 4.52 Å². The highest BCUT2D eigenvalue weighted by Gasteiger charge is 2.27. The van der Waals surface area contributed by atoms with Gasteiger partial charge in [-0.2, -0.15) is 4.98 Å². The summed E-state index contributed by atoms with van der Waals surface area (Å²) in [5, 5.41) is 4.18. The van der Waals surface area contributed by atoms with Crippen LogP contribution in [-0.2, 0) is 0 Å². The molecule has 138 valence electrons. The standard InChI is InChI=1S/C21H20BrN3O2/c1-14-5-7-16(8-6-14)20-23-19(24-27-20)15-9-11-25(12-10-15)21(26)17-3-2-4-18(22)13-17/h2-8,13,15H,9-12H2,1H3. The molecule has 5 nitrogen and oxygen atoms in total. The molecule has 1 fully saturated rings. The third-order valence-electron chi connectivity index (χ3n) is 4.96. The van der Waals surface area contributed by atoms with Gasteiger partial charge in [-0.25, -0.2) is 0 Å². The Balaban J connectivity index is 1.41. The first kappa shape index (κ1) is 17.9. The van der Waals surface area contributed by atoms with Gasteiger partial charge in [-0.15, -0.1) is 0 Å². The fraction of sp³-hybridized carbons (Fsp3) is 0.286. The molecule has 0 saturated carbocycles. The summed E-state index contributed by atoms with van der Waals surface area (Å²) in [6.45, 7) is 3.45. The zero-order chi connectivity index (χ0) is 18.8. The Labute approximate surface area is 166 Å². The Morgan fingerprint density at radius 2 is 1.89 bits per heavy atom. The topological polar surface area (TPSA) is 59.2 Å². The summed E-state index contributed by atoms with van der Waals surface area (Å²) in [5.74, 6) is 1.58. The molecule has 3 aromatic rings. The molecule has 0 spiro atoms. The number of hydrogen-bond donors (Lipinski definition) is 0. The predicted molar refractivity (Wildman–Crippen MR) is 106 cm³/mol. The lowest BCUT2D eigenvalue weighted by Gasteiger charge is -2.30. The zero-order valence-corrected chi connectivity index (χ0v) is 16.6. The van der Waals surface area contributed by atoms with Gasteiger partial charge in [0.2, 0.25) is 0 Å². The molecular weight excluding hydrogens is 406 g/mol. The van der Waals surface area contributed by atoms with Crippen LogP contribution in [0, 0.1) is 6.92 Å². The van der Waals surface area contributed by atoms with Crippen molar-refractivity contribution in [1.29, 1.82) is 0 Å². The SMILES string of the molecule is Cc1ccc(-c2nc(C3CCN(C(=O)c4cccc(Br)c4)CC3)no2)cc1. The maximum atomic E-state index is 12.7. The molecule has 27 heavy (non-hydrogen) atoms. The summed E-state index contributed by atoms with van der Waals surface area (Å²) in [4.78, 5) is 19.2. The van der Waals surface area contributed by atoms with Crippen LogP contribution >= 0.6 is 15.9 Å². The molecule has 6 heteroatoms. The number of amides is 1. The van der Waals surface area contributed by atoms with Crippen molar-refractivity contribution in [3.8, 4) is 11.5 Å². The first-order valence-corrected chi connectivity index (χ1v) is 9.85. The Morgan fingerprint density at radius 3 is 2.59 bits per heavy atom. The number of hydrogen-bond acceptors (Lipinski definition) is 4. The Hall–Kier alpha value is -2.47. The minimum Gasteiger partial charge on any atom is -0.339 e. The van der Waals surface area contributed by atoms with Gasteiger partial charge in [0.25, 0.3) is 11.8 Å². The summed E-state index contributed by atoms with van der Waals surface area (Å²) in [6.07, 6.45) is 1.68. The fourth-order valence-electron chi connectivity index (χ4n) is 3.36. The van der Waals surface area contributed by atoms with E-state index in [9.17, 15) is 4.79 Å². The molecule has 0 unspecified atom stereocenters. The van der Waals surface area contributed by atoms with E-state index >= 15 is 0 Å². The Kier molecular flexibility index (Phi) is 5.07. The molecule has 2 heterocycles. The lowest BCUT2D eigenvalue weighted by Crippen LogP contribution is -2.38. The van der Waals surface area contributed by atoms with E-state index in [0.717, 1.165) is 28.7 Å². The van der Waals surface area contributed by atoms with Gasteiger partial charge in [-0.1, -0.05) is 44.8 Å². The minimum atomic E-state index is 0.0724. The summed E-state index contributed by atoms with van der Waals surface area (Å²) >= 11 is 3.42. The third-order valence-corrected chi connectivity index (χ3v) is 5.45. The van der Waals surface area contributed by atoms with Gasteiger partial charge < -0.3 is 9.42 Å². The quantitative estimate of drug-likeness (QED) is 0.602. The summed E-state index contributed by atoms with van der Waals surface area (Å²) < 4.78 is 6.37. The van der Waals surface area contributed by atoms with Crippen LogP contribution in [0.2, 0.25) is 0 Å². The number of benzene rings is 2. The number of nitrogens with zero attached hydrogens (tertiary/aromatic N) is 3. The van der Waals surface area contributed by atoms with Crippen molar-refractivity contribution in [3.05, 3.63) is 70.0 Å². The molecule has 2 aromatic carbocycles. The average molecular weight is 426 g/mol. The summed E-state index contributed by atoms with van der Waals surface area (Å²) in [7, 11) is 0. The molecular formula is C21H20BrN3O2. The zero-order valence-electron chi connectivity index (χ0n) is 15.1. The molecule has 0 aliphatic carbocycles. The van der Waals surface area contributed by atoms with E-state index in [-0.39, 0.29) is 11.8 Å². The van der Waals surface area contributed by atoms with Gasteiger partial charge in [0.05, 0.1) is 0 Å². The first-order valence-electron chi connectivity index (χ1n) is 9.05. The number of carbonyl (C=O) groups excluding carboxylic acids is 1. The smallest absolute Gasteiger partial charge is 0.257 e. The lowest BCUT2D eigenvalue weighted by molar-refractivity contribution is 0.0710. The second-order valence-electron chi connectivity index (χ2n) is 6.90. The van der Waals surface area contributed by atoms with Crippen molar-refractivity contribution in [1.82, 2.24) is 15.0 Å². The van der Waals surface area contributed by atoms with Gasteiger partial charge in [0.15, 0.2) is 5.82 Å². The van der Waals surface area contributed by atoms with E-state index in [1.807, 2.05) is 60.4 Å². The maximum absolute atomic E-state index is 12.7. The van der Waals surface area contributed by atoms with Gasteiger partial charge in [0, 0.05) is 34.6 Å². The van der Waals surface area contributed by atoms with E-state index in [1.165, 1.54) is 5.56 Å². The first-order chi connectivity index (χ1) is 13.1. The van der Waals surface area contributed by atoms with Gasteiger partial charge in [-0.3, -0.25) is 4.79 Å². The molecule has 1 amide bonds.